The second kappa shape index (κ2) is 1.38. The molecule has 0 saturated heterocycles. The molecule has 0 aromatic carbocycles. The fourth-order valence-corrected chi connectivity index (χ4v) is 0.453. The molecule has 1 heterocycles. The van der Waals surface area contributed by atoms with Gasteiger partial charge in [0.05, 0.1) is 0 Å². The van der Waals surface area contributed by atoms with Crippen LogP contribution in [0.25, 0.3) is 0 Å². The summed E-state index contributed by atoms with van der Waals surface area (Å²) in [5.41, 5.74) is 5.14. The molecule has 1 aliphatic rings. The molecular weight excluding hydrogens is 110 g/mol. The molecule has 1 aliphatic heterocycles. The molecule has 0 atom stereocenters. The van der Waals surface area contributed by atoms with E-state index in [-0.39, 0.29) is 0 Å². The zero-order chi connectivity index (χ0) is 5.28. The molecule has 36 valence electrons. The summed E-state index contributed by atoms with van der Waals surface area (Å²) in [6.45, 7) is 0. The van der Waals surface area contributed by atoms with Crippen molar-refractivity contribution in [2.45, 2.75) is 0 Å². The van der Waals surface area contributed by atoms with Crippen molar-refractivity contribution >= 4 is 17.2 Å². The van der Waals surface area contributed by atoms with Crippen LogP contribution in [0.2, 0.25) is 0 Å². The molecule has 3 nitrogen and oxygen atoms in total. The SMILES string of the molecule is NC1=CC(=S)N=N1. The fourth-order valence-electron chi connectivity index (χ4n) is 0.291. The molecule has 2 N–H and O–H groups in total. The molecule has 0 aromatic heterocycles. The Morgan fingerprint density at radius 1 is 1.57 bits per heavy atom. The van der Waals surface area contributed by atoms with Gasteiger partial charge in [-0.1, -0.05) is 12.2 Å². The summed E-state index contributed by atoms with van der Waals surface area (Å²) in [6.07, 6.45) is 1.54. The van der Waals surface area contributed by atoms with E-state index in [9.17, 15) is 0 Å². The third-order valence-corrected chi connectivity index (χ3v) is 0.735. The largest absolute Gasteiger partial charge is 0.382 e. The van der Waals surface area contributed by atoms with Crippen molar-refractivity contribution in [3.8, 4) is 0 Å². The van der Waals surface area contributed by atoms with Gasteiger partial charge in [-0.15, -0.1) is 10.2 Å². The minimum absolute atomic E-state index is 0.394. The number of rotatable bonds is 0. The van der Waals surface area contributed by atoms with Gasteiger partial charge in [0.25, 0.3) is 0 Å². The maximum Gasteiger partial charge on any atom is 0.152 e. The molecule has 7 heavy (non-hydrogen) atoms. The van der Waals surface area contributed by atoms with Crippen LogP contribution in [0, 0.1) is 0 Å². The normalized spacial score (nSPS) is 17.7. The molecule has 0 saturated carbocycles. The summed E-state index contributed by atoms with van der Waals surface area (Å²) in [6, 6.07) is 0. The first kappa shape index (κ1) is 4.39. The predicted molar refractivity (Wildman–Crippen MR) is 29.7 cm³/mol. The van der Waals surface area contributed by atoms with Crippen LogP contribution < -0.4 is 5.73 Å². The van der Waals surface area contributed by atoms with Crippen molar-refractivity contribution in [3.05, 3.63) is 11.9 Å². The van der Waals surface area contributed by atoms with Crippen LogP contribution in [-0.4, -0.2) is 4.99 Å². The van der Waals surface area contributed by atoms with Crippen molar-refractivity contribution in [2.24, 2.45) is 16.0 Å². The number of hydrogen-bond acceptors (Lipinski definition) is 3. The van der Waals surface area contributed by atoms with Gasteiger partial charge in [0.15, 0.2) is 4.99 Å². The minimum Gasteiger partial charge on any atom is -0.382 e. The topological polar surface area (TPSA) is 50.7 Å². The monoisotopic (exact) mass is 113 g/mol. The number of thiocarbonyl (C=S) groups is 1. The van der Waals surface area contributed by atoms with Crippen molar-refractivity contribution in [1.82, 2.24) is 0 Å². The summed E-state index contributed by atoms with van der Waals surface area (Å²) >= 11 is 4.58. The number of nitrogens with two attached hydrogens (primary N) is 1. The van der Waals surface area contributed by atoms with Gasteiger partial charge >= 0.3 is 0 Å². The van der Waals surface area contributed by atoms with E-state index in [4.69, 9.17) is 5.73 Å². The molecule has 4 heteroatoms. The van der Waals surface area contributed by atoms with Gasteiger partial charge in [-0.3, -0.25) is 0 Å². The summed E-state index contributed by atoms with van der Waals surface area (Å²) in [5, 5.41) is 6.90. The molecule has 0 spiro atoms. The molecule has 1 rings (SSSR count). The van der Waals surface area contributed by atoms with Crippen molar-refractivity contribution in [2.75, 3.05) is 0 Å². The average molecular weight is 113 g/mol. The molecule has 0 aliphatic carbocycles. The highest BCUT2D eigenvalue weighted by molar-refractivity contribution is 7.80. The minimum atomic E-state index is 0.394. The van der Waals surface area contributed by atoms with E-state index in [0.29, 0.717) is 10.8 Å². The zero-order valence-electron chi connectivity index (χ0n) is 3.46. The zero-order valence-corrected chi connectivity index (χ0v) is 4.27. The van der Waals surface area contributed by atoms with Crippen LogP contribution in [0.15, 0.2) is 22.1 Å². The Labute approximate surface area is 45.9 Å². The second-order valence-electron chi connectivity index (χ2n) is 1.11. The third kappa shape index (κ3) is 0.806. The van der Waals surface area contributed by atoms with Gasteiger partial charge in [-0.25, -0.2) is 0 Å². The van der Waals surface area contributed by atoms with Gasteiger partial charge in [0.1, 0.15) is 5.82 Å². The quantitative estimate of drug-likeness (QED) is 0.467. The summed E-state index contributed by atoms with van der Waals surface area (Å²) in [4.78, 5) is 0.456. The maximum atomic E-state index is 5.14. The summed E-state index contributed by atoms with van der Waals surface area (Å²) in [7, 11) is 0. The lowest BCUT2D eigenvalue weighted by atomic mass is 10.6. The molecule has 0 unspecified atom stereocenters. The first-order valence-electron chi connectivity index (χ1n) is 1.72. The third-order valence-electron chi connectivity index (χ3n) is 0.535. The van der Waals surface area contributed by atoms with Crippen LogP contribution in [-0.2, 0) is 0 Å². The van der Waals surface area contributed by atoms with Gasteiger partial charge in [0, 0.05) is 6.08 Å². The van der Waals surface area contributed by atoms with Crippen LogP contribution in [0.4, 0.5) is 0 Å². The first-order chi connectivity index (χ1) is 3.29. The van der Waals surface area contributed by atoms with E-state index in [1.807, 2.05) is 0 Å². The highest BCUT2D eigenvalue weighted by Crippen LogP contribution is 2.00. The van der Waals surface area contributed by atoms with Gasteiger partial charge in [-0.05, 0) is 0 Å². The molecule has 0 aromatic rings. The Hall–Kier alpha value is -0.770. The lowest BCUT2D eigenvalue weighted by Gasteiger charge is -1.71. The molecule has 0 fully saturated rings. The summed E-state index contributed by atoms with van der Waals surface area (Å²) < 4.78 is 0. The van der Waals surface area contributed by atoms with Crippen molar-refractivity contribution in [3.63, 3.8) is 0 Å². The Balaban J connectivity index is 2.88. The maximum absolute atomic E-state index is 5.14. The smallest absolute Gasteiger partial charge is 0.152 e. The van der Waals surface area contributed by atoms with Crippen molar-refractivity contribution in [1.29, 1.82) is 0 Å². The van der Waals surface area contributed by atoms with Crippen molar-refractivity contribution < 1.29 is 0 Å². The summed E-state index contributed by atoms with van der Waals surface area (Å²) in [5.74, 6) is 0.394. The second-order valence-corrected chi connectivity index (χ2v) is 1.53. The van der Waals surface area contributed by atoms with Crippen LogP contribution in [0.1, 0.15) is 0 Å². The number of hydrogen-bond donors (Lipinski definition) is 1. The van der Waals surface area contributed by atoms with E-state index in [0.717, 1.165) is 0 Å². The lowest BCUT2D eigenvalue weighted by Crippen LogP contribution is -1.88. The highest BCUT2D eigenvalue weighted by atomic mass is 32.1. The first-order valence-corrected chi connectivity index (χ1v) is 2.13. The average Bonchev–Trinajstić information content (AvgIpc) is 1.87. The Morgan fingerprint density at radius 3 is 2.43 bits per heavy atom. The Bertz CT molecular complexity index is 158. The Kier molecular flexibility index (Phi) is 0.867. The standard InChI is InChI=1S/C3H3N3S/c4-2-1-3(7)6-5-2/h1H,4H2. The molecular formula is C3H3N3S. The van der Waals surface area contributed by atoms with E-state index in [2.05, 4.69) is 22.4 Å². The van der Waals surface area contributed by atoms with Gasteiger partial charge < -0.3 is 5.73 Å². The lowest BCUT2D eigenvalue weighted by molar-refractivity contribution is 1.17. The van der Waals surface area contributed by atoms with E-state index in [1.54, 1.807) is 0 Å². The fraction of sp³-hybridized carbons (Fsp3) is 0. The van der Waals surface area contributed by atoms with Crippen LogP contribution in [0.5, 0.6) is 0 Å². The predicted octanol–water partition coefficient (Wildman–Crippen LogP) is 0.580. The van der Waals surface area contributed by atoms with E-state index in [1.165, 1.54) is 6.08 Å². The van der Waals surface area contributed by atoms with E-state index >= 15 is 0 Å². The van der Waals surface area contributed by atoms with Gasteiger partial charge in [0.2, 0.25) is 0 Å². The molecule has 0 radical (unpaired) electrons. The highest BCUT2D eigenvalue weighted by Gasteiger charge is 1.96. The Morgan fingerprint density at radius 2 is 2.29 bits per heavy atom. The molecule has 0 bridgehead atoms. The number of azo groups is 1. The van der Waals surface area contributed by atoms with Crippen LogP contribution >= 0.6 is 12.2 Å². The van der Waals surface area contributed by atoms with Crippen LogP contribution in [0.3, 0.4) is 0 Å². The molecule has 0 amide bonds. The number of nitrogens with zero attached hydrogens (tertiary/aromatic N) is 2. The van der Waals surface area contributed by atoms with Gasteiger partial charge in [-0.2, -0.15) is 0 Å². The van der Waals surface area contributed by atoms with E-state index < -0.39 is 0 Å².